The topological polar surface area (TPSA) is 25.2 Å². The molecule has 1 aromatic heterocycles. The number of benzene rings is 1. The highest BCUT2D eigenvalue weighted by molar-refractivity contribution is 7.98. The molecule has 1 aromatic carbocycles. The third-order valence-electron chi connectivity index (χ3n) is 2.67. The van der Waals surface area contributed by atoms with E-state index >= 15 is 0 Å². The molecule has 0 atom stereocenters. The zero-order valence-electron chi connectivity index (χ0n) is 11.2. The van der Waals surface area contributed by atoms with Gasteiger partial charge in [-0.25, -0.2) is 0 Å². The van der Waals surface area contributed by atoms with Gasteiger partial charge in [0.05, 0.1) is 12.0 Å². The Labute approximate surface area is 123 Å². The summed E-state index contributed by atoms with van der Waals surface area (Å²) in [6.45, 7) is 5.11. The molecular weight excluding hydrogens is 278 g/mol. The fourth-order valence-electron chi connectivity index (χ4n) is 1.68. The standard InChI is InChI=1S/C15H18ClNOS/c1-11(2)17-9-12-8-13(16)5-6-15(12)19-10-14-4-3-7-18-14/h3-8,11,17H,9-10H2,1-2H3. The van der Waals surface area contributed by atoms with E-state index in [-0.39, 0.29) is 0 Å². The number of nitrogens with one attached hydrogen (secondary N) is 1. The van der Waals surface area contributed by atoms with Crippen LogP contribution in [0, 0.1) is 0 Å². The summed E-state index contributed by atoms with van der Waals surface area (Å²) >= 11 is 7.85. The van der Waals surface area contributed by atoms with Crippen molar-refractivity contribution in [3.63, 3.8) is 0 Å². The summed E-state index contributed by atoms with van der Waals surface area (Å²) in [7, 11) is 0. The first-order valence-corrected chi connectivity index (χ1v) is 7.68. The second kappa shape index (κ2) is 7.04. The lowest BCUT2D eigenvalue weighted by molar-refractivity contribution is 0.530. The molecule has 0 amide bonds. The Morgan fingerprint density at radius 1 is 1.32 bits per heavy atom. The zero-order valence-corrected chi connectivity index (χ0v) is 12.7. The normalized spacial score (nSPS) is 11.2. The molecule has 1 N–H and O–H groups in total. The Morgan fingerprint density at radius 3 is 2.84 bits per heavy atom. The predicted octanol–water partition coefficient (Wildman–Crippen LogP) is 4.72. The van der Waals surface area contributed by atoms with Crippen LogP contribution in [-0.4, -0.2) is 6.04 Å². The van der Waals surface area contributed by atoms with Gasteiger partial charge in [-0.3, -0.25) is 0 Å². The van der Waals surface area contributed by atoms with Gasteiger partial charge >= 0.3 is 0 Å². The van der Waals surface area contributed by atoms with E-state index in [1.54, 1.807) is 18.0 Å². The molecular formula is C15H18ClNOS. The van der Waals surface area contributed by atoms with Gasteiger partial charge in [-0.05, 0) is 35.9 Å². The van der Waals surface area contributed by atoms with Crippen LogP contribution in [0.25, 0.3) is 0 Å². The smallest absolute Gasteiger partial charge is 0.113 e. The number of hydrogen-bond donors (Lipinski definition) is 1. The molecule has 0 saturated heterocycles. The number of furan rings is 1. The van der Waals surface area contributed by atoms with Gasteiger partial charge < -0.3 is 9.73 Å². The molecule has 2 aromatic rings. The number of halogens is 1. The third kappa shape index (κ3) is 4.60. The van der Waals surface area contributed by atoms with E-state index in [1.165, 1.54) is 10.5 Å². The molecule has 2 rings (SSSR count). The summed E-state index contributed by atoms with van der Waals surface area (Å²) in [6, 6.07) is 10.4. The zero-order chi connectivity index (χ0) is 13.7. The number of rotatable bonds is 6. The van der Waals surface area contributed by atoms with Gasteiger partial charge in [0.1, 0.15) is 5.76 Å². The second-order valence-corrected chi connectivity index (χ2v) is 6.11. The Kier molecular flexibility index (Phi) is 5.37. The van der Waals surface area contributed by atoms with Crippen molar-refractivity contribution in [1.82, 2.24) is 5.32 Å². The lowest BCUT2D eigenvalue weighted by Crippen LogP contribution is -2.22. The molecule has 0 saturated carbocycles. The molecule has 0 aliphatic rings. The van der Waals surface area contributed by atoms with Gasteiger partial charge in [0.15, 0.2) is 0 Å². The van der Waals surface area contributed by atoms with Crippen LogP contribution >= 0.6 is 23.4 Å². The average molecular weight is 296 g/mol. The fourth-order valence-corrected chi connectivity index (χ4v) is 2.82. The van der Waals surface area contributed by atoms with Crippen molar-refractivity contribution in [2.24, 2.45) is 0 Å². The van der Waals surface area contributed by atoms with Crippen molar-refractivity contribution in [3.05, 3.63) is 52.9 Å². The summed E-state index contributed by atoms with van der Waals surface area (Å²) < 4.78 is 5.35. The van der Waals surface area contributed by atoms with E-state index in [4.69, 9.17) is 16.0 Å². The molecule has 0 unspecified atom stereocenters. The van der Waals surface area contributed by atoms with Crippen LogP contribution < -0.4 is 5.32 Å². The molecule has 0 fully saturated rings. The van der Waals surface area contributed by atoms with Gasteiger partial charge in [0.25, 0.3) is 0 Å². The monoisotopic (exact) mass is 295 g/mol. The first-order valence-electron chi connectivity index (χ1n) is 6.32. The van der Waals surface area contributed by atoms with Gasteiger partial charge in [-0.15, -0.1) is 11.8 Å². The lowest BCUT2D eigenvalue weighted by Gasteiger charge is -2.12. The highest BCUT2D eigenvalue weighted by atomic mass is 35.5. The van der Waals surface area contributed by atoms with Crippen molar-refractivity contribution in [3.8, 4) is 0 Å². The molecule has 4 heteroatoms. The molecule has 1 heterocycles. The number of hydrogen-bond acceptors (Lipinski definition) is 3. The minimum Gasteiger partial charge on any atom is -0.468 e. The first-order chi connectivity index (χ1) is 9.15. The van der Waals surface area contributed by atoms with E-state index in [0.717, 1.165) is 23.1 Å². The van der Waals surface area contributed by atoms with E-state index < -0.39 is 0 Å². The molecule has 0 aliphatic heterocycles. The maximum absolute atomic E-state index is 6.08. The Hall–Kier alpha value is -0.900. The second-order valence-electron chi connectivity index (χ2n) is 4.66. The van der Waals surface area contributed by atoms with Crippen LogP contribution in [0.5, 0.6) is 0 Å². The van der Waals surface area contributed by atoms with Crippen LogP contribution in [0.1, 0.15) is 25.2 Å². The van der Waals surface area contributed by atoms with Gasteiger partial charge in [0.2, 0.25) is 0 Å². The van der Waals surface area contributed by atoms with Crippen molar-refractivity contribution in [2.45, 2.75) is 37.1 Å². The van der Waals surface area contributed by atoms with E-state index in [9.17, 15) is 0 Å². The molecule has 0 aliphatic carbocycles. The molecule has 2 nitrogen and oxygen atoms in total. The summed E-state index contributed by atoms with van der Waals surface area (Å²) in [6.07, 6.45) is 1.71. The molecule has 19 heavy (non-hydrogen) atoms. The van der Waals surface area contributed by atoms with Crippen LogP contribution in [0.3, 0.4) is 0 Å². The summed E-state index contributed by atoms with van der Waals surface area (Å²) in [5.41, 5.74) is 1.23. The third-order valence-corrected chi connectivity index (χ3v) is 4.05. The maximum atomic E-state index is 6.08. The largest absolute Gasteiger partial charge is 0.468 e. The van der Waals surface area contributed by atoms with E-state index in [2.05, 4.69) is 25.2 Å². The Morgan fingerprint density at radius 2 is 2.16 bits per heavy atom. The van der Waals surface area contributed by atoms with Gasteiger partial charge in [-0.1, -0.05) is 25.4 Å². The van der Waals surface area contributed by atoms with Crippen LogP contribution in [0.4, 0.5) is 0 Å². The van der Waals surface area contributed by atoms with Crippen LogP contribution in [0.15, 0.2) is 45.9 Å². The van der Waals surface area contributed by atoms with Crippen molar-refractivity contribution in [1.29, 1.82) is 0 Å². The average Bonchev–Trinajstić information content (AvgIpc) is 2.88. The predicted molar refractivity (Wildman–Crippen MR) is 81.7 cm³/mol. The first kappa shape index (κ1) is 14.5. The highest BCUT2D eigenvalue weighted by Crippen LogP contribution is 2.28. The fraction of sp³-hybridized carbons (Fsp3) is 0.333. The highest BCUT2D eigenvalue weighted by Gasteiger charge is 2.06. The summed E-state index contributed by atoms with van der Waals surface area (Å²) in [5, 5.41) is 4.21. The molecule has 102 valence electrons. The molecule has 0 bridgehead atoms. The minimum absolute atomic E-state index is 0.460. The van der Waals surface area contributed by atoms with Crippen molar-refractivity contribution < 1.29 is 4.42 Å². The van der Waals surface area contributed by atoms with E-state index in [1.807, 2.05) is 24.3 Å². The summed E-state index contributed by atoms with van der Waals surface area (Å²) in [5.74, 6) is 1.83. The quantitative estimate of drug-likeness (QED) is 0.780. The van der Waals surface area contributed by atoms with E-state index in [0.29, 0.717) is 6.04 Å². The molecule has 0 radical (unpaired) electrons. The minimum atomic E-state index is 0.460. The van der Waals surface area contributed by atoms with Gasteiger partial charge in [-0.2, -0.15) is 0 Å². The van der Waals surface area contributed by atoms with Crippen LogP contribution in [-0.2, 0) is 12.3 Å². The Bertz CT molecular complexity index is 511. The molecule has 0 spiro atoms. The van der Waals surface area contributed by atoms with Crippen molar-refractivity contribution >= 4 is 23.4 Å². The van der Waals surface area contributed by atoms with Crippen molar-refractivity contribution in [2.75, 3.05) is 0 Å². The lowest BCUT2D eigenvalue weighted by atomic mass is 10.2. The summed E-state index contributed by atoms with van der Waals surface area (Å²) in [4.78, 5) is 1.24. The Balaban J connectivity index is 2.05. The SMILES string of the molecule is CC(C)NCc1cc(Cl)ccc1SCc1ccco1. The number of thioether (sulfide) groups is 1. The maximum Gasteiger partial charge on any atom is 0.113 e. The van der Waals surface area contributed by atoms with Gasteiger partial charge in [0, 0.05) is 22.5 Å². The van der Waals surface area contributed by atoms with Crippen LogP contribution in [0.2, 0.25) is 5.02 Å².